The van der Waals surface area contributed by atoms with Crippen molar-refractivity contribution in [3.8, 4) is 0 Å². The molecular formula is C9H8O10. The number of ether oxygens (including phenoxy) is 4. The third-order valence-electron chi connectivity index (χ3n) is 2.29. The van der Waals surface area contributed by atoms with Crippen LogP contribution in [0.3, 0.4) is 0 Å². The van der Waals surface area contributed by atoms with Gasteiger partial charge in [0.15, 0.2) is 6.61 Å². The summed E-state index contributed by atoms with van der Waals surface area (Å²) < 4.78 is 17.3. The van der Waals surface area contributed by atoms with E-state index in [-0.39, 0.29) is 0 Å². The van der Waals surface area contributed by atoms with Gasteiger partial charge in [0.25, 0.3) is 0 Å². The van der Waals surface area contributed by atoms with Crippen LogP contribution in [0.4, 0.5) is 0 Å². The molecule has 0 aromatic heterocycles. The predicted octanol–water partition coefficient (Wildman–Crippen LogP) is -2.70. The third-order valence-corrected chi connectivity index (χ3v) is 2.29. The fourth-order valence-electron chi connectivity index (χ4n) is 1.44. The maximum absolute atomic E-state index is 11.2. The van der Waals surface area contributed by atoms with Gasteiger partial charge in [0.05, 0.1) is 0 Å². The molecule has 2 saturated heterocycles. The van der Waals surface area contributed by atoms with Crippen molar-refractivity contribution in [3.63, 3.8) is 0 Å². The first-order valence-corrected chi connectivity index (χ1v) is 5.00. The Balaban J connectivity index is 2.31. The molecule has 0 spiro atoms. The molecule has 19 heavy (non-hydrogen) atoms. The van der Waals surface area contributed by atoms with E-state index in [9.17, 15) is 29.4 Å². The highest BCUT2D eigenvalue weighted by molar-refractivity contribution is 5.93. The van der Waals surface area contributed by atoms with E-state index in [2.05, 4.69) is 18.9 Å². The van der Waals surface area contributed by atoms with E-state index in [1.165, 1.54) is 0 Å². The fraction of sp³-hybridized carbons (Fsp3) is 0.556. The Kier molecular flexibility index (Phi) is 2.91. The first-order chi connectivity index (χ1) is 8.74. The Hall–Kier alpha value is -2.20. The molecule has 0 saturated carbocycles. The zero-order valence-corrected chi connectivity index (χ0v) is 9.28. The lowest BCUT2D eigenvalue weighted by Crippen LogP contribution is -2.65. The molecule has 0 amide bonds. The maximum Gasteiger partial charge on any atom is 0.447 e. The van der Waals surface area contributed by atoms with Crippen LogP contribution in [0.15, 0.2) is 0 Å². The van der Waals surface area contributed by atoms with Crippen LogP contribution in [-0.4, -0.2) is 52.5 Å². The van der Waals surface area contributed by atoms with E-state index in [0.29, 0.717) is 0 Å². The second-order valence-corrected chi connectivity index (χ2v) is 3.80. The van der Waals surface area contributed by atoms with Gasteiger partial charge in [-0.1, -0.05) is 0 Å². The van der Waals surface area contributed by atoms with Gasteiger partial charge in [0.1, 0.15) is 12.8 Å². The molecular weight excluding hydrogens is 268 g/mol. The van der Waals surface area contributed by atoms with E-state index in [1.54, 1.807) is 0 Å². The topological polar surface area (TPSA) is 146 Å². The molecule has 0 aromatic rings. The highest BCUT2D eigenvalue weighted by Crippen LogP contribution is 2.33. The van der Waals surface area contributed by atoms with Crippen LogP contribution in [-0.2, 0) is 38.1 Å². The molecule has 0 aromatic carbocycles. The summed E-state index contributed by atoms with van der Waals surface area (Å²) in [5, 5.41) is 19.8. The van der Waals surface area contributed by atoms with Gasteiger partial charge in [-0.05, 0) is 0 Å². The normalized spacial score (nSPS) is 30.6. The molecule has 10 heteroatoms. The minimum atomic E-state index is -3.28. The van der Waals surface area contributed by atoms with Crippen LogP contribution < -0.4 is 0 Å². The van der Waals surface area contributed by atoms with Gasteiger partial charge < -0.3 is 29.2 Å². The Morgan fingerprint density at radius 3 is 1.84 bits per heavy atom. The van der Waals surface area contributed by atoms with Crippen molar-refractivity contribution >= 4 is 23.9 Å². The van der Waals surface area contributed by atoms with Crippen LogP contribution in [0.5, 0.6) is 0 Å². The zero-order chi connectivity index (χ0) is 14.3. The van der Waals surface area contributed by atoms with Crippen LogP contribution in [0, 0.1) is 0 Å². The largest absolute Gasteiger partial charge is 0.458 e. The highest BCUT2D eigenvalue weighted by atomic mass is 16.9. The number of esters is 4. The summed E-state index contributed by atoms with van der Waals surface area (Å²) in [7, 11) is 0. The molecule has 0 aliphatic carbocycles. The standard InChI is InChI=1S/C9H8O10/c10-4-1-5(11)17-8(14,3-16-4)9(15)18-6(12)2-7(13)19-9/h14-15H,1-3H2. The summed E-state index contributed by atoms with van der Waals surface area (Å²) >= 11 is 0. The lowest BCUT2D eigenvalue weighted by molar-refractivity contribution is -0.451. The summed E-state index contributed by atoms with van der Waals surface area (Å²) in [6, 6.07) is 0. The molecule has 0 radical (unpaired) electrons. The van der Waals surface area contributed by atoms with Crippen LogP contribution >= 0.6 is 0 Å². The van der Waals surface area contributed by atoms with Crippen molar-refractivity contribution in [1.29, 1.82) is 0 Å². The van der Waals surface area contributed by atoms with Gasteiger partial charge in [0.2, 0.25) is 0 Å². The SMILES string of the molecule is O=C1CC(=O)OC(O)(C2(O)OC(=O)CC(=O)O2)CO1. The molecule has 2 aliphatic rings. The van der Waals surface area contributed by atoms with Crippen LogP contribution in [0.25, 0.3) is 0 Å². The molecule has 2 rings (SSSR count). The molecule has 1 unspecified atom stereocenters. The highest BCUT2D eigenvalue weighted by Gasteiger charge is 2.64. The minimum absolute atomic E-state index is 0.786. The molecule has 2 fully saturated rings. The first-order valence-electron chi connectivity index (χ1n) is 5.00. The van der Waals surface area contributed by atoms with Crippen LogP contribution in [0.2, 0.25) is 0 Å². The number of hydrogen-bond acceptors (Lipinski definition) is 10. The summed E-state index contributed by atoms with van der Waals surface area (Å²) in [6.07, 6.45) is -1.60. The molecule has 2 N–H and O–H groups in total. The van der Waals surface area contributed by atoms with Gasteiger partial charge in [0, 0.05) is 0 Å². The lowest BCUT2D eigenvalue weighted by atomic mass is 10.2. The average Bonchev–Trinajstić information content (AvgIpc) is 2.36. The lowest BCUT2D eigenvalue weighted by Gasteiger charge is -2.39. The fourth-order valence-corrected chi connectivity index (χ4v) is 1.44. The number of aliphatic hydroxyl groups is 2. The smallest absolute Gasteiger partial charge is 0.447 e. The second kappa shape index (κ2) is 4.17. The third kappa shape index (κ3) is 2.35. The van der Waals surface area contributed by atoms with E-state index < -0.39 is 55.1 Å². The van der Waals surface area contributed by atoms with Crippen molar-refractivity contribution in [2.24, 2.45) is 0 Å². The van der Waals surface area contributed by atoms with Crippen molar-refractivity contribution < 1.29 is 48.3 Å². The zero-order valence-electron chi connectivity index (χ0n) is 9.28. The Bertz CT molecular complexity index is 452. The number of cyclic esters (lactones) is 4. The Labute approximate surface area is 104 Å². The van der Waals surface area contributed by atoms with Crippen LogP contribution in [0.1, 0.15) is 12.8 Å². The van der Waals surface area contributed by atoms with E-state index >= 15 is 0 Å². The van der Waals surface area contributed by atoms with Gasteiger partial charge >= 0.3 is 35.6 Å². The van der Waals surface area contributed by atoms with Gasteiger partial charge in [-0.2, -0.15) is 0 Å². The van der Waals surface area contributed by atoms with Crippen molar-refractivity contribution in [2.75, 3.05) is 6.61 Å². The summed E-state index contributed by atoms with van der Waals surface area (Å²) in [6.45, 7) is -1.07. The quantitative estimate of drug-likeness (QED) is 0.294. The van der Waals surface area contributed by atoms with Crippen molar-refractivity contribution in [3.05, 3.63) is 0 Å². The Morgan fingerprint density at radius 2 is 1.26 bits per heavy atom. The maximum atomic E-state index is 11.2. The van der Waals surface area contributed by atoms with Gasteiger partial charge in [-0.25, -0.2) is 0 Å². The monoisotopic (exact) mass is 276 g/mol. The van der Waals surface area contributed by atoms with Crippen molar-refractivity contribution in [1.82, 2.24) is 0 Å². The molecule has 0 bridgehead atoms. The molecule has 2 aliphatic heterocycles. The number of hydrogen-bond donors (Lipinski definition) is 2. The molecule has 10 nitrogen and oxygen atoms in total. The number of rotatable bonds is 1. The molecule has 2 heterocycles. The average molecular weight is 276 g/mol. The van der Waals surface area contributed by atoms with E-state index in [0.717, 1.165) is 0 Å². The summed E-state index contributed by atoms with van der Waals surface area (Å²) in [4.78, 5) is 44.3. The van der Waals surface area contributed by atoms with Gasteiger partial charge in [-0.3, -0.25) is 19.2 Å². The van der Waals surface area contributed by atoms with Gasteiger partial charge in [-0.15, -0.1) is 0 Å². The minimum Gasteiger partial charge on any atom is -0.458 e. The Morgan fingerprint density at radius 1 is 0.789 bits per heavy atom. The number of carbonyl (C=O) groups is 4. The number of carbonyl (C=O) groups excluding carboxylic acids is 4. The van der Waals surface area contributed by atoms with E-state index in [4.69, 9.17) is 0 Å². The molecule has 104 valence electrons. The van der Waals surface area contributed by atoms with Crippen molar-refractivity contribution in [2.45, 2.75) is 24.6 Å². The second-order valence-electron chi connectivity index (χ2n) is 3.80. The van der Waals surface area contributed by atoms with E-state index in [1.807, 2.05) is 0 Å². The summed E-state index contributed by atoms with van der Waals surface area (Å²) in [5.41, 5.74) is 0. The predicted molar refractivity (Wildman–Crippen MR) is 48.4 cm³/mol. The first kappa shape index (κ1) is 13.2. The molecule has 1 atom stereocenters. The summed E-state index contributed by atoms with van der Waals surface area (Å²) in [5.74, 6) is -11.0.